The van der Waals surface area contributed by atoms with Crippen LogP contribution in [-0.2, 0) is 0 Å². The Kier molecular flexibility index (Phi) is 5.44. The average Bonchev–Trinajstić information content (AvgIpc) is 3.48. The lowest BCUT2D eigenvalue weighted by atomic mass is 9.81. The van der Waals surface area contributed by atoms with Crippen LogP contribution in [0.25, 0.3) is 27.6 Å². The Morgan fingerprint density at radius 1 is 0.778 bits per heavy atom. The van der Waals surface area contributed by atoms with Crippen molar-refractivity contribution in [2.24, 2.45) is 23.7 Å². The molecule has 0 saturated heterocycles. The van der Waals surface area contributed by atoms with Gasteiger partial charge in [-0.25, -0.2) is 0 Å². The predicted molar refractivity (Wildman–Crippen MR) is 152 cm³/mol. The summed E-state index contributed by atoms with van der Waals surface area (Å²) < 4.78 is 6.34. The van der Waals surface area contributed by atoms with Gasteiger partial charge in [-0.2, -0.15) is 0 Å². The summed E-state index contributed by atoms with van der Waals surface area (Å²) in [6.45, 7) is 15.2. The quantitative estimate of drug-likeness (QED) is 0.294. The topological polar surface area (TPSA) is 19.6 Å². The number of nitrogens with zero attached hydrogens (tertiary/aromatic N) is 2. The van der Waals surface area contributed by atoms with E-state index in [2.05, 4.69) is 113 Å². The minimum atomic E-state index is 0.638. The molecule has 1 aliphatic heterocycles. The van der Waals surface area contributed by atoms with E-state index in [1.54, 1.807) is 0 Å². The highest BCUT2D eigenvalue weighted by atomic mass is 16.3. The van der Waals surface area contributed by atoms with E-state index in [0.29, 0.717) is 17.8 Å². The summed E-state index contributed by atoms with van der Waals surface area (Å²) in [6, 6.07) is 19.7. The van der Waals surface area contributed by atoms with E-state index >= 15 is 0 Å². The molecule has 0 amide bonds. The van der Waals surface area contributed by atoms with Crippen molar-refractivity contribution in [3.8, 4) is 0 Å². The molecule has 6 rings (SSSR count). The summed E-state index contributed by atoms with van der Waals surface area (Å²) in [4.78, 5) is 4.69. The van der Waals surface area contributed by atoms with E-state index in [-0.39, 0.29) is 0 Å². The van der Waals surface area contributed by atoms with Crippen LogP contribution in [0, 0.1) is 37.5 Å². The molecule has 3 aromatic carbocycles. The van der Waals surface area contributed by atoms with Crippen LogP contribution in [0.2, 0.25) is 0 Å². The van der Waals surface area contributed by atoms with Crippen molar-refractivity contribution in [3.63, 3.8) is 0 Å². The highest BCUT2D eigenvalue weighted by molar-refractivity contribution is 6.09. The lowest BCUT2D eigenvalue weighted by Crippen LogP contribution is -2.23. The highest BCUT2D eigenvalue weighted by Crippen LogP contribution is 2.51. The number of aryl methyl sites for hydroxylation is 2. The fraction of sp³-hybridized carbons (Fsp3) is 0.394. The fourth-order valence-electron chi connectivity index (χ4n) is 7.24. The Morgan fingerprint density at radius 2 is 1.42 bits per heavy atom. The normalized spacial score (nSPS) is 26.4. The van der Waals surface area contributed by atoms with E-state index in [0.717, 1.165) is 35.4 Å². The second kappa shape index (κ2) is 8.44. The summed E-state index contributed by atoms with van der Waals surface area (Å²) in [5, 5.41) is 2.35. The van der Waals surface area contributed by atoms with Crippen LogP contribution in [0.15, 0.2) is 65.2 Å². The molecule has 2 aliphatic rings. The molecule has 36 heavy (non-hydrogen) atoms. The third kappa shape index (κ3) is 3.39. The molecule has 4 unspecified atom stereocenters. The standard InChI is InChI=1S/C33H38N2O/c1-19-15-25(32-23(5)21(3)22(4)24(32)6)16-20(2)31(19)29-17-35(18-34(29)7)28-13-10-12-27-26-11-8-9-14-30(26)36-33(27)28/h8-17,21-24,32H,18H2,1-7H3. The Bertz CT molecular complexity index is 1460. The number of benzene rings is 3. The number of rotatable bonds is 3. The first-order chi connectivity index (χ1) is 17.3. The number of hydrogen-bond donors (Lipinski definition) is 0. The van der Waals surface area contributed by atoms with Gasteiger partial charge in [-0.3, -0.25) is 0 Å². The van der Waals surface area contributed by atoms with Gasteiger partial charge in [0.05, 0.1) is 18.1 Å². The molecule has 0 bridgehead atoms. The Hall–Kier alpha value is -3.20. The van der Waals surface area contributed by atoms with E-state index in [4.69, 9.17) is 4.42 Å². The first-order valence-electron chi connectivity index (χ1n) is 13.5. The SMILES string of the molecule is Cc1cc(C2C(C)C(C)C(C)C2C)cc(C)c1C1=CN(c2cccc3c2oc2ccccc23)CN1C. The van der Waals surface area contributed by atoms with E-state index in [1.165, 1.54) is 38.7 Å². The van der Waals surface area contributed by atoms with Crippen molar-refractivity contribution < 1.29 is 4.42 Å². The summed E-state index contributed by atoms with van der Waals surface area (Å²) in [7, 11) is 2.20. The van der Waals surface area contributed by atoms with Gasteiger partial charge < -0.3 is 14.2 Å². The van der Waals surface area contributed by atoms with E-state index in [9.17, 15) is 0 Å². The van der Waals surface area contributed by atoms with Gasteiger partial charge in [0.15, 0.2) is 5.58 Å². The molecular formula is C33H38N2O. The lowest BCUT2D eigenvalue weighted by Gasteiger charge is -2.26. The average molecular weight is 479 g/mol. The Balaban J connectivity index is 1.40. The molecule has 0 radical (unpaired) electrons. The zero-order valence-corrected chi connectivity index (χ0v) is 22.7. The number of anilines is 1. The third-order valence-electron chi connectivity index (χ3n) is 9.56. The van der Waals surface area contributed by atoms with Crippen molar-refractivity contribution in [1.29, 1.82) is 0 Å². The second-order valence-corrected chi connectivity index (χ2v) is 11.6. The third-order valence-corrected chi connectivity index (χ3v) is 9.56. The molecule has 0 spiro atoms. The van der Waals surface area contributed by atoms with Gasteiger partial charge in [-0.05, 0) is 72.3 Å². The molecule has 3 nitrogen and oxygen atoms in total. The van der Waals surface area contributed by atoms with Crippen LogP contribution >= 0.6 is 0 Å². The zero-order valence-electron chi connectivity index (χ0n) is 22.7. The lowest BCUT2D eigenvalue weighted by molar-refractivity contribution is 0.352. The van der Waals surface area contributed by atoms with Gasteiger partial charge in [0.25, 0.3) is 0 Å². The molecule has 4 aromatic rings. The minimum absolute atomic E-state index is 0.638. The van der Waals surface area contributed by atoms with Crippen LogP contribution in [0.1, 0.15) is 55.9 Å². The van der Waals surface area contributed by atoms with Crippen molar-refractivity contribution in [2.75, 3.05) is 18.6 Å². The zero-order chi connectivity index (χ0) is 25.3. The molecular weight excluding hydrogens is 440 g/mol. The van der Waals surface area contributed by atoms with Crippen molar-refractivity contribution in [3.05, 3.63) is 83.1 Å². The molecule has 1 aromatic heterocycles. The Labute approximate surface area is 215 Å². The van der Waals surface area contributed by atoms with Gasteiger partial charge in [0.2, 0.25) is 0 Å². The largest absolute Gasteiger partial charge is 0.454 e. The molecule has 3 heteroatoms. The molecule has 2 heterocycles. The highest BCUT2D eigenvalue weighted by Gasteiger charge is 2.42. The van der Waals surface area contributed by atoms with Crippen LogP contribution in [-0.4, -0.2) is 18.6 Å². The molecule has 186 valence electrons. The van der Waals surface area contributed by atoms with Crippen LogP contribution < -0.4 is 4.90 Å². The predicted octanol–water partition coefficient (Wildman–Crippen LogP) is 8.55. The van der Waals surface area contributed by atoms with E-state index < -0.39 is 0 Å². The van der Waals surface area contributed by atoms with Crippen molar-refractivity contribution in [2.45, 2.75) is 47.5 Å². The van der Waals surface area contributed by atoms with Gasteiger partial charge in [-0.15, -0.1) is 0 Å². The summed E-state index contributed by atoms with van der Waals surface area (Å²) in [5.74, 6) is 3.60. The van der Waals surface area contributed by atoms with Gasteiger partial charge in [0.1, 0.15) is 5.58 Å². The molecule has 1 aliphatic carbocycles. The first kappa shape index (κ1) is 23.2. The van der Waals surface area contributed by atoms with Crippen LogP contribution in [0.3, 0.4) is 0 Å². The maximum atomic E-state index is 6.34. The monoisotopic (exact) mass is 478 g/mol. The summed E-state index contributed by atoms with van der Waals surface area (Å²) in [5.41, 5.74) is 9.93. The molecule has 1 fully saturated rings. The summed E-state index contributed by atoms with van der Waals surface area (Å²) in [6.07, 6.45) is 2.31. The molecule has 4 atom stereocenters. The van der Waals surface area contributed by atoms with E-state index in [1.807, 2.05) is 6.07 Å². The van der Waals surface area contributed by atoms with Crippen molar-refractivity contribution in [1.82, 2.24) is 4.90 Å². The molecule has 0 N–H and O–H groups in total. The van der Waals surface area contributed by atoms with Crippen molar-refractivity contribution >= 4 is 33.3 Å². The second-order valence-electron chi connectivity index (χ2n) is 11.6. The Morgan fingerprint density at radius 3 is 2.11 bits per heavy atom. The number of furan rings is 1. The summed E-state index contributed by atoms with van der Waals surface area (Å²) >= 11 is 0. The van der Waals surface area contributed by atoms with Gasteiger partial charge >= 0.3 is 0 Å². The number of fused-ring (bicyclic) bond motifs is 3. The van der Waals surface area contributed by atoms with Gasteiger partial charge in [-0.1, -0.05) is 70.2 Å². The smallest absolute Gasteiger partial charge is 0.159 e. The molecule has 1 saturated carbocycles. The number of para-hydroxylation sites is 2. The maximum absolute atomic E-state index is 6.34. The van der Waals surface area contributed by atoms with Gasteiger partial charge in [0, 0.05) is 29.6 Å². The first-order valence-corrected chi connectivity index (χ1v) is 13.5. The minimum Gasteiger partial charge on any atom is -0.454 e. The number of hydrogen-bond acceptors (Lipinski definition) is 3. The van der Waals surface area contributed by atoms with Crippen LogP contribution in [0.4, 0.5) is 5.69 Å². The van der Waals surface area contributed by atoms with Crippen LogP contribution in [0.5, 0.6) is 0 Å². The maximum Gasteiger partial charge on any atom is 0.159 e. The fourth-order valence-corrected chi connectivity index (χ4v) is 7.24.